The SMILES string of the molecule is Cc1cc(Cl)c(C)cc1F.Cc1cc(F)c(C)c(F)c1.Cc1cc(F)c(C)c(F)c1.Cc1cc(F)c(C)cc1F.Cc1ccc(C)c(Cl)c1.Cc1ccc(C)c(Cl)c1.Cc1ccc(C)c(Cl)c1F.Cc1ccc(C)c(Cl)c1F.Cc1ccc(C)c(F)c1F. The van der Waals surface area contributed by atoms with Gasteiger partial charge in [0, 0.05) is 26.2 Å². The number of hydrogen-bond acceptors (Lipinski definition) is 0. The number of halogens is 16. The second kappa shape index (κ2) is 38.3. The van der Waals surface area contributed by atoms with Crippen molar-refractivity contribution in [2.24, 2.45) is 0 Å². The first-order valence-corrected chi connectivity index (χ1v) is 29.0. The Balaban J connectivity index is 0.000000495. The lowest BCUT2D eigenvalue weighted by molar-refractivity contribution is 0.497. The molecule has 0 aliphatic carbocycles. The zero-order valence-corrected chi connectivity index (χ0v) is 56.4. The van der Waals surface area contributed by atoms with Crippen molar-refractivity contribution in [3.05, 3.63) is 311 Å². The van der Waals surface area contributed by atoms with Crippen LogP contribution in [-0.2, 0) is 0 Å². The molecule has 0 fully saturated rings. The first-order valence-electron chi connectivity index (χ1n) is 27.1. The molecule has 0 bridgehead atoms. The maximum Gasteiger partial charge on any atom is 0.161 e. The predicted octanol–water partition coefficient (Wildman–Crippen LogP) is 25.5. The van der Waals surface area contributed by atoms with Crippen LogP contribution < -0.4 is 0 Å². The fourth-order valence-electron chi connectivity index (χ4n) is 6.66. The van der Waals surface area contributed by atoms with Crippen molar-refractivity contribution in [2.75, 3.05) is 0 Å². The van der Waals surface area contributed by atoms with Crippen molar-refractivity contribution in [2.45, 2.75) is 125 Å². The van der Waals surface area contributed by atoms with E-state index in [1.165, 1.54) is 95.1 Å². The lowest BCUT2D eigenvalue weighted by atomic mass is 10.1. The number of benzene rings is 9. The van der Waals surface area contributed by atoms with E-state index in [2.05, 4.69) is 12.1 Å². The van der Waals surface area contributed by atoms with Gasteiger partial charge < -0.3 is 0 Å². The van der Waals surface area contributed by atoms with Crippen LogP contribution in [0.25, 0.3) is 0 Å². The zero-order chi connectivity index (χ0) is 67.8. The van der Waals surface area contributed by atoms with E-state index in [4.69, 9.17) is 58.0 Å². The molecule has 0 unspecified atom stereocenters. The van der Waals surface area contributed by atoms with Gasteiger partial charge in [0.15, 0.2) is 11.6 Å². The van der Waals surface area contributed by atoms with Gasteiger partial charge in [0.1, 0.15) is 52.4 Å². The summed E-state index contributed by atoms with van der Waals surface area (Å²) in [5, 5.41) is 2.81. The molecule has 0 atom stereocenters. The second-order valence-corrected chi connectivity index (χ2v) is 22.9. The molecular weight excluding hydrogens is 1250 g/mol. The molecule has 0 saturated carbocycles. The Morgan fingerprint density at radius 1 is 0.193 bits per heavy atom. The highest BCUT2D eigenvalue weighted by molar-refractivity contribution is 6.32. The molecule has 9 aromatic rings. The van der Waals surface area contributed by atoms with Crippen molar-refractivity contribution < 1.29 is 48.3 Å². The molecule has 0 N–H and O–H groups in total. The van der Waals surface area contributed by atoms with Gasteiger partial charge in [-0.3, -0.25) is 0 Å². The van der Waals surface area contributed by atoms with Gasteiger partial charge in [-0.25, -0.2) is 48.3 Å². The average molecular weight is 1330 g/mol. The number of aryl methyl sites for hydroxylation is 16. The Bertz CT molecular complexity index is 3250. The standard InChI is InChI=1S/3C8H8ClF.2C8H9Cl.4C8H8F2/c1-5-4-8(10)6(2)3-7(5)9;2*1-5-3-4-6(2)8(10)7(5)9;2*1-6-3-4-7(2)8(9)5-6;1-5-3-8(10)6(2)4-7(5)9;2*1-5-3-7(9)6(2)8(10)4-5;1-5-3-4-6(2)8(10)7(5)9/h3*3-4H,1-2H3;2*3-5H,1-2H3;4*3-4H,1-2H3. The molecule has 0 spiro atoms. The van der Waals surface area contributed by atoms with Gasteiger partial charge in [-0.2, -0.15) is 0 Å². The Kier molecular flexibility index (Phi) is 34.6. The van der Waals surface area contributed by atoms with Crippen molar-refractivity contribution in [1.82, 2.24) is 0 Å². The number of hydrogen-bond donors (Lipinski definition) is 0. The minimum absolute atomic E-state index is 0.0885. The van der Waals surface area contributed by atoms with Crippen molar-refractivity contribution in [3.63, 3.8) is 0 Å². The summed E-state index contributed by atoms with van der Waals surface area (Å²) in [6, 6.07) is 33.0. The lowest BCUT2D eigenvalue weighted by Crippen LogP contribution is -1.91. The van der Waals surface area contributed by atoms with E-state index in [-0.39, 0.29) is 50.3 Å². The Hall–Kier alpha value is -6.34. The van der Waals surface area contributed by atoms with Crippen LogP contribution in [0, 0.1) is 189 Å². The molecule has 0 aliphatic rings. The third-order valence-corrected chi connectivity index (χ3v) is 14.9. The minimum atomic E-state index is -0.736. The van der Waals surface area contributed by atoms with Gasteiger partial charge in [0.2, 0.25) is 0 Å². The van der Waals surface area contributed by atoms with Crippen molar-refractivity contribution >= 4 is 58.0 Å². The van der Waals surface area contributed by atoms with E-state index < -0.39 is 34.9 Å². The third-order valence-electron chi connectivity index (χ3n) is 12.8. The molecule has 88 heavy (non-hydrogen) atoms. The quantitative estimate of drug-likeness (QED) is 0.133. The molecule has 9 rings (SSSR count). The topological polar surface area (TPSA) is 0 Å². The highest BCUT2D eigenvalue weighted by Crippen LogP contribution is 2.24. The monoisotopic (exact) mass is 1320 g/mol. The molecule has 474 valence electrons. The van der Waals surface area contributed by atoms with Crippen LogP contribution in [0.3, 0.4) is 0 Å². The van der Waals surface area contributed by atoms with Gasteiger partial charge in [0.25, 0.3) is 0 Å². The molecule has 0 aromatic heterocycles. The summed E-state index contributed by atoms with van der Waals surface area (Å²) >= 11 is 28.6. The summed E-state index contributed by atoms with van der Waals surface area (Å²) < 4.78 is 139. The van der Waals surface area contributed by atoms with Gasteiger partial charge in [0.05, 0.1) is 10.0 Å². The van der Waals surface area contributed by atoms with Crippen molar-refractivity contribution in [3.8, 4) is 0 Å². The Morgan fingerprint density at radius 2 is 0.420 bits per heavy atom. The molecule has 16 heteroatoms. The fourth-order valence-corrected chi connectivity index (χ4v) is 7.77. The van der Waals surface area contributed by atoms with Crippen LogP contribution in [0.15, 0.2) is 121 Å². The molecule has 0 saturated heterocycles. The summed E-state index contributed by atoms with van der Waals surface area (Å²) in [7, 11) is 0. The number of rotatable bonds is 0. The van der Waals surface area contributed by atoms with Gasteiger partial charge >= 0.3 is 0 Å². The van der Waals surface area contributed by atoms with E-state index in [1.807, 2.05) is 52.0 Å². The van der Waals surface area contributed by atoms with Gasteiger partial charge in [-0.05, 0) is 274 Å². The largest absolute Gasteiger partial charge is 0.207 e. The highest BCUT2D eigenvalue weighted by Gasteiger charge is 2.09. The molecular formula is C72H74Cl5F11. The molecule has 0 amide bonds. The Labute approximate surface area is 538 Å². The molecule has 0 nitrogen and oxygen atoms in total. The zero-order valence-electron chi connectivity index (χ0n) is 52.6. The Morgan fingerprint density at radius 3 is 0.670 bits per heavy atom. The lowest BCUT2D eigenvalue weighted by Gasteiger charge is -2.00. The molecule has 0 aliphatic heterocycles. The van der Waals surface area contributed by atoms with Crippen LogP contribution in [0.1, 0.15) is 100 Å². The van der Waals surface area contributed by atoms with Gasteiger partial charge in [-0.1, -0.05) is 119 Å². The summed E-state index contributed by atoms with van der Waals surface area (Å²) in [4.78, 5) is 0. The van der Waals surface area contributed by atoms with E-state index in [1.54, 1.807) is 97.9 Å². The summed E-state index contributed by atoms with van der Waals surface area (Å²) in [6.07, 6.45) is 0. The molecule has 0 radical (unpaired) electrons. The summed E-state index contributed by atoms with van der Waals surface area (Å²) in [6.45, 7) is 30.8. The predicted molar refractivity (Wildman–Crippen MR) is 348 cm³/mol. The van der Waals surface area contributed by atoms with Crippen LogP contribution in [0.5, 0.6) is 0 Å². The first kappa shape index (κ1) is 79.7. The van der Waals surface area contributed by atoms with Gasteiger partial charge in [-0.15, -0.1) is 0 Å². The minimum Gasteiger partial charge on any atom is -0.207 e. The highest BCUT2D eigenvalue weighted by atomic mass is 35.5. The van der Waals surface area contributed by atoms with E-state index in [9.17, 15) is 48.3 Å². The second-order valence-electron chi connectivity index (χ2n) is 20.9. The maximum atomic E-state index is 12.9. The summed E-state index contributed by atoms with van der Waals surface area (Å²) in [5.74, 6) is -4.87. The normalized spacial score (nSPS) is 9.93. The summed E-state index contributed by atoms with van der Waals surface area (Å²) in [5.41, 5.74) is 11.6. The van der Waals surface area contributed by atoms with Crippen LogP contribution in [-0.4, -0.2) is 0 Å². The maximum absolute atomic E-state index is 12.9. The molecule has 9 aromatic carbocycles. The van der Waals surface area contributed by atoms with Crippen LogP contribution >= 0.6 is 58.0 Å². The fraction of sp³-hybridized carbons (Fsp3) is 0.250. The first-order chi connectivity index (χ1) is 40.7. The smallest absolute Gasteiger partial charge is 0.161 e. The van der Waals surface area contributed by atoms with E-state index in [0.29, 0.717) is 55.1 Å². The van der Waals surface area contributed by atoms with Crippen molar-refractivity contribution in [1.29, 1.82) is 0 Å². The van der Waals surface area contributed by atoms with Crippen LogP contribution in [0.2, 0.25) is 25.1 Å². The third kappa shape index (κ3) is 27.2. The van der Waals surface area contributed by atoms with E-state index >= 15 is 0 Å². The van der Waals surface area contributed by atoms with Crippen LogP contribution in [0.4, 0.5) is 48.3 Å². The molecule has 0 heterocycles. The van der Waals surface area contributed by atoms with E-state index in [0.717, 1.165) is 37.9 Å². The average Bonchev–Trinajstić information content (AvgIpc) is 3.68.